The van der Waals surface area contributed by atoms with Crippen LogP contribution >= 0.6 is 31.9 Å². The molecular formula is C12H14Br2N2O. The van der Waals surface area contributed by atoms with Gasteiger partial charge in [-0.2, -0.15) is 0 Å². The van der Waals surface area contributed by atoms with Crippen molar-refractivity contribution in [3.63, 3.8) is 0 Å². The van der Waals surface area contributed by atoms with Crippen LogP contribution in [0.25, 0.3) is 0 Å². The highest BCUT2D eigenvalue weighted by Crippen LogP contribution is 2.22. The quantitative estimate of drug-likeness (QED) is 0.715. The molecule has 0 bridgehead atoms. The van der Waals surface area contributed by atoms with Gasteiger partial charge in [0, 0.05) is 18.2 Å². The van der Waals surface area contributed by atoms with E-state index in [-0.39, 0.29) is 5.91 Å². The van der Waals surface area contributed by atoms with Crippen LogP contribution in [-0.2, 0) is 0 Å². The molecule has 0 aromatic carbocycles. The molecule has 2 rings (SSSR count). The highest BCUT2D eigenvalue weighted by Gasteiger charge is 2.24. The van der Waals surface area contributed by atoms with Gasteiger partial charge in [0.25, 0.3) is 5.91 Å². The minimum absolute atomic E-state index is 0.0981. The van der Waals surface area contributed by atoms with E-state index in [4.69, 9.17) is 0 Å². The van der Waals surface area contributed by atoms with E-state index < -0.39 is 0 Å². The molecule has 0 radical (unpaired) electrons. The van der Waals surface area contributed by atoms with Gasteiger partial charge in [-0.25, -0.2) is 4.98 Å². The molecule has 1 aromatic rings. The van der Waals surface area contributed by atoms with Crippen LogP contribution in [0.2, 0.25) is 0 Å². The third-order valence-corrected chi connectivity index (χ3v) is 3.89. The first kappa shape index (κ1) is 13.0. The molecule has 3 nitrogen and oxygen atoms in total. The van der Waals surface area contributed by atoms with Gasteiger partial charge >= 0.3 is 0 Å². The molecule has 1 aliphatic rings. The van der Waals surface area contributed by atoms with E-state index in [1.165, 1.54) is 6.42 Å². The summed E-state index contributed by atoms with van der Waals surface area (Å²) in [5, 5.41) is 0. The van der Waals surface area contributed by atoms with Crippen molar-refractivity contribution in [1.29, 1.82) is 0 Å². The zero-order chi connectivity index (χ0) is 12.4. The van der Waals surface area contributed by atoms with Gasteiger partial charge < -0.3 is 4.90 Å². The lowest BCUT2D eigenvalue weighted by Crippen LogP contribution is -2.42. The lowest BCUT2D eigenvalue weighted by Gasteiger charge is -2.33. The van der Waals surface area contributed by atoms with E-state index >= 15 is 0 Å². The Morgan fingerprint density at radius 1 is 1.35 bits per heavy atom. The second-order valence-electron chi connectivity index (χ2n) is 4.34. The number of likely N-dealkylation sites (tertiary alicyclic amines) is 1. The normalized spacial score (nSPS) is 20.4. The Kier molecular flexibility index (Phi) is 4.20. The van der Waals surface area contributed by atoms with Gasteiger partial charge in [0.2, 0.25) is 0 Å². The van der Waals surface area contributed by atoms with Gasteiger partial charge in [0.1, 0.15) is 9.21 Å². The average Bonchev–Trinajstić information content (AvgIpc) is 2.27. The monoisotopic (exact) mass is 360 g/mol. The maximum absolute atomic E-state index is 12.4. The van der Waals surface area contributed by atoms with E-state index in [1.807, 2.05) is 4.90 Å². The second kappa shape index (κ2) is 5.48. The van der Waals surface area contributed by atoms with Crippen LogP contribution in [0.15, 0.2) is 21.3 Å². The number of halogens is 2. The van der Waals surface area contributed by atoms with Crippen molar-refractivity contribution < 1.29 is 4.79 Å². The number of carbonyl (C=O) groups is 1. The van der Waals surface area contributed by atoms with Crippen molar-refractivity contribution in [1.82, 2.24) is 9.88 Å². The Morgan fingerprint density at radius 2 is 2.00 bits per heavy atom. The van der Waals surface area contributed by atoms with Gasteiger partial charge in [-0.3, -0.25) is 4.79 Å². The number of pyridine rings is 1. The first-order valence-electron chi connectivity index (χ1n) is 5.72. The van der Waals surface area contributed by atoms with E-state index in [0.29, 0.717) is 20.8 Å². The molecule has 1 saturated heterocycles. The molecule has 92 valence electrons. The summed E-state index contributed by atoms with van der Waals surface area (Å²) in [7, 11) is 0. The van der Waals surface area contributed by atoms with Crippen molar-refractivity contribution in [2.45, 2.75) is 32.2 Å². The maximum Gasteiger partial charge on any atom is 0.254 e. The third kappa shape index (κ3) is 3.07. The highest BCUT2D eigenvalue weighted by molar-refractivity contribution is 9.11. The maximum atomic E-state index is 12.4. The summed E-state index contributed by atoms with van der Waals surface area (Å²) in [5.74, 6) is 0.0981. The summed E-state index contributed by atoms with van der Waals surface area (Å²) in [6.45, 7) is 2.97. The summed E-state index contributed by atoms with van der Waals surface area (Å²) in [4.78, 5) is 18.5. The first-order valence-corrected chi connectivity index (χ1v) is 7.30. The van der Waals surface area contributed by atoms with Crippen LogP contribution in [0.1, 0.15) is 36.5 Å². The van der Waals surface area contributed by atoms with E-state index in [2.05, 4.69) is 43.8 Å². The molecule has 0 spiro atoms. The molecule has 1 aromatic heterocycles. The van der Waals surface area contributed by atoms with Crippen molar-refractivity contribution in [3.05, 3.63) is 26.9 Å². The average molecular weight is 362 g/mol. The van der Waals surface area contributed by atoms with Crippen molar-refractivity contribution in [3.8, 4) is 0 Å². The molecule has 2 heterocycles. The van der Waals surface area contributed by atoms with Crippen LogP contribution in [0.4, 0.5) is 0 Å². The molecule has 1 aliphatic heterocycles. The van der Waals surface area contributed by atoms with Crippen molar-refractivity contribution >= 4 is 37.8 Å². The van der Waals surface area contributed by atoms with Crippen LogP contribution in [-0.4, -0.2) is 28.4 Å². The van der Waals surface area contributed by atoms with Crippen molar-refractivity contribution in [2.24, 2.45) is 0 Å². The number of nitrogens with zero attached hydrogens (tertiary/aromatic N) is 2. The lowest BCUT2D eigenvalue weighted by atomic mass is 10.0. The number of rotatable bonds is 1. The number of aromatic nitrogens is 1. The summed E-state index contributed by atoms with van der Waals surface area (Å²) in [6, 6.07) is 3.88. The third-order valence-electron chi connectivity index (χ3n) is 3.07. The van der Waals surface area contributed by atoms with E-state index in [0.717, 1.165) is 19.4 Å². The number of carbonyl (C=O) groups excluding carboxylic acids is 1. The molecule has 0 aliphatic carbocycles. The number of amides is 1. The zero-order valence-electron chi connectivity index (χ0n) is 9.62. The fourth-order valence-corrected chi connectivity index (χ4v) is 3.27. The largest absolute Gasteiger partial charge is 0.336 e. The molecule has 0 saturated carbocycles. The second-order valence-corrected chi connectivity index (χ2v) is 5.97. The van der Waals surface area contributed by atoms with Gasteiger partial charge in [-0.15, -0.1) is 0 Å². The van der Waals surface area contributed by atoms with Crippen molar-refractivity contribution in [2.75, 3.05) is 6.54 Å². The smallest absolute Gasteiger partial charge is 0.254 e. The minimum atomic E-state index is 0.0981. The lowest BCUT2D eigenvalue weighted by molar-refractivity contribution is 0.0635. The number of piperidine rings is 1. The Morgan fingerprint density at radius 3 is 2.59 bits per heavy atom. The summed E-state index contributed by atoms with van der Waals surface area (Å²) in [5.41, 5.74) is 0.688. The standard InChI is InChI=1S/C12H14Br2N2O/c1-8-4-2-3-5-16(8)12(17)9-6-10(13)15-11(14)7-9/h6-8H,2-5H2,1H3. The van der Waals surface area contributed by atoms with Gasteiger partial charge in [0.05, 0.1) is 0 Å². The Hall–Kier alpha value is -0.420. The summed E-state index contributed by atoms with van der Waals surface area (Å²) >= 11 is 6.62. The van der Waals surface area contributed by atoms with E-state index in [1.54, 1.807) is 12.1 Å². The van der Waals surface area contributed by atoms with Crippen LogP contribution in [0, 0.1) is 0 Å². The fourth-order valence-electron chi connectivity index (χ4n) is 2.15. The summed E-state index contributed by atoms with van der Waals surface area (Å²) in [6.07, 6.45) is 3.41. The summed E-state index contributed by atoms with van der Waals surface area (Å²) < 4.78 is 1.36. The van der Waals surface area contributed by atoms with Crippen LogP contribution in [0.5, 0.6) is 0 Å². The highest BCUT2D eigenvalue weighted by atomic mass is 79.9. The Bertz CT molecular complexity index is 416. The molecule has 1 atom stereocenters. The number of hydrogen-bond donors (Lipinski definition) is 0. The van der Waals surface area contributed by atoms with Gasteiger partial charge in [-0.1, -0.05) is 0 Å². The van der Waals surface area contributed by atoms with Gasteiger partial charge in [0.15, 0.2) is 0 Å². The zero-order valence-corrected chi connectivity index (χ0v) is 12.8. The fraction of sp³-hybridized carbons (Fsp3) is 0.500. The molecule has 1 amide bonds. The predicted molar refractivity (Wildman–Crippen MR) is 74.0 cm³/mol. The molecule has 17 heavy (non-hydrogen) atoms. The SMILES string of the molecule is CC1CCCCN1C(=O)c1cc(Br)nc(Br)c1. The molecule has 1 fully saturated rings. The molecular weight excluding hydrogens is 348 g/mol. The molecule has 5 heteroatoms. The predicted octanol–water partition coefficient (Wildman–Crippen LogP) is 3.62. The Labute approximate surface area is 118 Å². The topological polar surface area (TPSA) is 33.2 Å². The van der Waals surface area contributed by atoms with E-state index in [9.17, 15) is 4.79 Å². The Balaban J connectivity index is 2.23. The molecule has 1 unspecified atom stereocenters. The number of hydrogen-bond acceptors (Lipinski definition) is 2. The van der Waals surface area contributed by atoms with Gasteiger partial charge in [-0.05, 0) is 70.2 Å². The van der Waals surface area contributed by atoms with Crippen LogP contribution < -0.4 is 0 Å². The molecule has 0 N–H and O–H groups in total. The van der Waals surface area contributed by atoms with Crippen LogP contribution in [0.3, 0.4) is 0 Å². The minimum Gasteiger partial charge on any atom is -0.336 e. The first-order chi connectivity index (χ1) is 8.08.